The smallest absolute Gasteiger partial charge is 0.341 e. The van der Waals surface area contributed by atoms with Gasteiger partial charge in [0.1, 0.15) is 11.4 Å². The summed E-state index contributed by atoms with van der Waals surface area (Å²) in [6.07, 6.45) is 0. The fourth-order valence-electron chi connectivity index (χ4n) is 1.19. The van der Waals surface area contributed by atoms with Crippen molar-refractivity contribution >= 4 is 5.97 Å². The van der Waals surface area contributed by atoms with E-state index >= 15 is 0 Å². The van der Waals surface area contributed by atoms with Gasteiger partial charge in [-0.1, -0.05) is 0 Å². The predicted octanol–water partition coefficient (Wildman–Crippen LogP) is 2.37. The minimum Gasteiger partial charge on any atom is -0.491 e. The second-order valence-electron chi connectivity index (χ2n) is 2.93. The second kappa shape index (κ2) is 4.25. The van der Waals surface area contributed by atoms with E-state index < -0.39 is 23.2 Å². The Bertz CT molecular complexity index is 402. The number of carbonyl (C=O) groups is 1. The van der Waals surface area contributed by atoms with Crippen molar-refractivity contribution in [3.63, 3.8) is 0 Å². The van der Waals surface area contributed by atoms with Crippen LogP contribution < -0.4 is 4.74 Å². The normalized spacial score (nSPS) is 10.1. The van der Waals surface area contributed by atoms with Crippen LogP contribution in [0.4, 0.5) is 8.78 Å². The topological polar surface area (TPSA) is 46.5 Å². The quantitative estimate of drug-likeness (QED) is 0.843. The molecule has 0 unspecified atom stereocenters. The van der Waals surface area contributed by atoms with Crippen LogP contribution in [-0.4, -0.2) is 17.7 Å². The zero-order chi connectivity index (χ0) is 11.6. The van der Waals surface area contributed by atoms with Gasteiger partial charge in [-0.05, 0) is 25.5 Å². The van der Waals surface area contributed by atoms with Crippen molar-refractivity contribution in [3.05, 3.63) is 28.8 Å². The van der Waals surface area contributed by atoms with Gasteiger partial charge in [-0.25, -0.2) is 13.6 Å². The van der Waals surface area contributed by atoms with Crippen LogP contribution in [0.1, 0.15) is 22.8 Å². The molecule has 0 aliphatic rings. The van der Waals surface area contributed by atoms with Crippen LogP contribution in [-0.2, 0) is 0 Å². The number of carboxylic acids is 1. The van der Waals surface area contributed by atoms with Gasteiger partial charge in [0.05, 0.1) is 6.61 Å². The Morgan fingerprint density at radius 2 is 2.07 bits per heavy atom. The number of hydrogen-bond donors (Lipinski definition) is 1. The number of aromatic carboxylic acids is 1. The number of halogens is 2. The number of aryl methyl sites for hydroxylation is 1. The summed E-state index contributed by atoms with van der Waals surface area (Å²) in [7, 11) is 0. The van der Waals surface area contributed by atoms with Crippen molar-refractivity contribution < 1.29 is 23.4 Å². The number of carboxylic acid groups (broad SMARTS) is 1. The van der Waals surface area contributed by atoms with E-state index in [9.17, 15) is 13.6 Å². The summed E-state index contributed by atoms with van der Waals surface area (Å²) >= 11 is 0. The summed E-state index contributed by atoms with van der Waals surface area (Å²) in [5.41, 5.74) is -0.935. The summed E-state index contributed by atoms with van der Waals surface area (Å²) in [5, 5.41) is 8.63. The van der Waals surface area contributed by atoms with Crippen LogP contribution in [0.3, 0.4) is 0 Å². The summed E-state index contributed by atoms with van der Waals surface area (Å²) < 4.78 is 31.5. The van der Waals surface area contributed by atoms with Crippen molar-refractivity contribution in [1.82, 2.24) is 0 Å². The first kappa shape index (κ1) is 11.4. The van der Waals surface area contributed by atoms with Gasteiger partial charge in [0.25, 0.3) is 0 Å². The summed E-state index contributed by atoms with van der Waals surface area (Å²) in [6.45, 7) is 3.16. The molecule has 5 heteroatoms. The average Bonchev–Trinajstić information content (AvgIpc) is 2.14. The molecule has 0 fully saturated rings. The highest BCUT2D eigenvalue weighted by atomic mass is 19.1. The summed E-state index contributed by atoms with van der Waals surface area (Å²) in [5.74, 6) is -4.13. The molecule has 0 radical (unpaired) electrons. The summed E-state index contributed by atoms with van der Waals surface area (Å²) in [4.78, 5) is 10.6. The largest absolute Gasteiger partial charge is 0.491 e. The Labute approximate surface area is 85.3 Å². The molecule has 1 aromatic carbocycles. The van der Waals surface area contributed by atoms with Crippen molar-refractivity contribution in [3.8, 4) is 5.75 Å². The lowest BCUT2D eigenvalue weighted by molar-refractivity contribution is 0.0685. The van der Waals surface area contributed by atoms with E-state index in [-0.39, 0.29) is 17.9 Å². The van der Waals surface area contributed by atoms with Crippen LogP contribution in [0.5, 0.6) is 5.75 Å². The third kappa shape index (κ3) is 2.06. The maximum atomic E-state index is 13.4. The standard InChI is InChI=1S/C10H10F2O3/c1-3-15-6-4-5(2)8(11)7(9(6)12)10(13)14/h4H,3H2,1-2H3,(H,13,14). The lowest BCUT2D eigenvalue weighted by Crippen LogP contribution is -2.08. The van der Waals surface area contributed by atoms with E-state index in [0.29, 0.717) is 0 Å². The molecule has 0 aliphatic carbocycles. The van der Waals surface area contributed by atoms with Gasteiger partial charge in [0.15, 0.2) is 11.6 Å². The molecule has 1 aromatic rings. The van der Waals surface area contributed by atoms with Crippen LogP contribution in [0.2, 0.25) is 0 Å². The molecule has 0 saturated heterocycles. The lowest BCUT2D eigenvalue weighted by atomic mass is 10.1. The maximum absolute atomic E-state index is 13.4. The number of ether oxygens (including phenoxy) is 1. The van der Waals surface area contributed by atoms with Crippen LogP contribution in [0.15, 0.2) is 6.07 Å². The van der Waals surface area contributed by atoms with Gasteiger partial charge in [0.2, 0.25) is 0 Å². The highest BCUT2D eigenvalue weighted by Gasteiger charge is 2.22. The van der Waals surface area contributed by atoms with E-state index in [4.69, 9.17) is 9.84 Å². The molecule has 0 bridgehead atoms. The second-order valence-corrected chi connectivity index (χ2v) is 2.93. The highest BCUT2D eigenvalue weighted by molar-refractivity contribution is 5.89. The molecular weight excluding hydrogens is 206 g/mol. The van der Waals surface area contributed by atoms with Crippen molar-refractivity contribution in [2.24, 2.45) is 0 Å². The zero-order valence-corrected chi connectivity index (χ0v) is 8.30. The fourth-order valence-corrected chi connectivity index (χ4v) is 1.19. The maximum Gasteiger partial charge on any atom is 0.341 e. The molecule has 3 nitrogen and oxygen atoms in total. The Balaban J connectivity index is 3.42. The van der Waals surface area contributed by atoms with Crippen molar-refractivity contribution in [2.75, 3.05) is 6.61 Å². The fraction of sp³-hybridized carbons (Fsp3) is 0.300. The van der Waals surface area contributed by atoms with E-state index in [1.807, 2.05) is 0 Å². The number of rotatable bonds is 3. The van der Waals surface area contributed by atoms with E-state index in [2.05, 4.69) is 0 Å². The van der Waals surface area contributed by atoms with Crippen LogP contribution in [0.25, 0.3) is 0 Å². The molecule has 15 heavy (non-hydrogen) atoms. The molecule has 0 amide bonds. The van der Waals surface area contributed by atoms with Gasteiger partial charge < -0.3 is 9.84 Å². The zero-order valence-electron chi connectivity index (χ0n) is 8.30. The minimum atomic E-state index is -1.64. The lowest BCUT2D eigenvalue weighted by Gasteiger charge is -2.09. The molecule has 0 aromatic heterocycles. The Morgan fingerprint density at radius 3 is 2.53 bits per heavy atom. The third-order valence-corrected chi connectivity index (χ3v) is 1.86. The van der Waals surface area contributed by atoms with E-state index in [1.165, 1.54) is 6.92 Å². The number of benzene rings is 1. The SMILES string of the molecule is CCOc1cc(C)c(F)c(C(=O)O)c1F. The molecule has 1 rings (SSSR count). The first-order chi connectivity index (χ1) is 6.99. The molecule has 0 spiro atoms. The minimum absolute atomic E-state index is 0.0391. The molecular formula is C10H10F2O3. The average molecular weight is 216 g/mol. The van der Waals surface area contributed by atoms with E-state index in [1.54, 1.807) is 6.92 Å². The van der Waals surface area contributed by atoms with Crippen LogP contribution >= 0.6 is 0 Å². The van der Waals surface area contributed by atoms with Gasteiger partial charge >= 0.3 is 5.97 Å². The first-order valence-corrected chi connectivity index (χ1v) is 4.33. The molecule has 0 aliphatic heterocycles. The Morgan fingerprint density at radius 1 is 1.47 bits per heavy atom. The van der Waals surface area contributed by atoms with Gasteiger partial charge in [0, 0.05) is 0 Å². The molecule has 1 N–H and O–H groups in total. The van der Waals surface area contributed by atoms with Crippen molar-refractivity contribution in [1.29, 1.82) is 0 Å². The predicted molar refractivity (Wildman–Crippen MR) is 49.2 cm³/mol. The number of hydrogen-bond acceptors (Lipinski definition) is 2. The van der Waals surface area contributed by atoms with Crippen LogP contribution in [0, 0.1) is 18.6 Å². The Hall–Kier alpha value is -1.65. The Kier molecular flexibility index (Phi) is 3.24. The van der Waals surface area contributed by atoms with E-state index in [0.717, 1.165) is 6.07 Å². The highest BCUT2D eigenvalue weighted by Crippen LogP contribution is 2.26. The van der Waals surface area contributed by atoms with Crippen molar-refractivity contribution in [2.45, 2.75) is 13.8 Å². The monoisotopic (exact) mass is 216 g/mol. The molecule has 82 valence electrons. The molecule has 0 saturated carbocycles. The van der Waals surface area contributed by atoms with Gasteiger partial charge in [-0.15, -0.1) is 0 Å². The summed E-state index contributed by atoms with van der Waals surface area (Å²) in [6, 6.07) is 1.14. The van der Waals surface area contributed by atoms with Gasteiger partial charge in [-0.3, -0.25) is 0 Å². The van der Waals surface area contributed by atoms with Gasteiger partial charge in [-0.2, -0.15) is 0 Å². The first-order valence-electron chi connectivity index (χ1n) is 4.33. The molecule has 0 heterocycles. The molecule has 0 atom stereocenters. The third-order valence-electron chi connectivity index (χ3n) is 1.86.